The fourth-order valence-corrected chi connectivity index (χ4v) is 3.27. The number of halogens is 1. The SMILES string of the molecule is CCc1c(C(=O)Nc2ccccc2Cl)c(=O)cc(C)n1Cc1cccnc1. The molecule has 0 radical (unpaired) electrons. The van der Waals surface area contributed by atoms with Gasteiger partial charge < -0.3 is 9.88 Å². The minimum atomic E-state index is -0.454. The minimum absolute atomic E-state index is 0.145. The van der Waals surface area contributed by atoms with Crippen LogP contribution in [0.15, 0.2) is 59.7 Å². The first-order chi connectivity index (χ1) is 13.0. The average molecular weight is 382 g/mol. The van der Waals surface area contributed by atoms with Gasteiger partial charge in [0.1, 0.15) is 5.56 Å². The van der Waals surface area contributed by atoms with Crippen molar-refractivity contribution in [3.63, 3.8) is 0 Å². The number of amides is 1. The molecule has 0 aliphatic rings. The maximum atomic E-state index is 12.9. The van der Waals surface area contributed by atoms with Crippen LogP contribution in [0.2, 0.25) is 5.02 Å². The monoisotopic (exact) mass is 381 g/mol. The van der Waals surface area contributed by atoms with Crippen LogP contribution in [0.4, 0.5) is 5.69 Å². The summed E-state index contributed by atoms with van der Waals surface area (Å²) >= 11 is 6.13. The number of hydrogen-bond donors (Lipinski definition) is 1. The summed E-state index contributed by atoms with van der Waals surface area (Å²) in [5.41, 5.74) is 2.81. The van der Waals surface area contributed by atoms with Crippen LogP contribution in [0.25, 0.3) is 0 Å². The molecule has 1 amide bonds. The molecule has 6 heteroatoms. The molecular weight excluding hydrogens is 362 g/mol. The smallest absolute Gasteiger partial charge is 0.261 e. The minimum Gasteiger partial charge on any atom is -0.343 e. The number of carbonyl (C=O) groups is 1. The van der Waals surface area contributed by atoms with Gasteiger partial charge in [-0.15, -0.1) is 0 Å². The van der Waals surface area contributed by atoms with Crippen LogP contribution in [-0.4, -0.2) is 15.5 Å². The molecule has 2 aromatic heterocycles. The second-order valence-electron chi connectivity index (χ2n) is 6.21. The molecule has 0 unspecified atom stereocenters. The number of nitrogens with one attached hydrogen (secondary N) is 1. The molecule has 0 bridgehead atoms. The van der Waals surface area contributed by atoms with Crippen LogP contribution in [0, 0.1) is 6.92 Å². The summed E-state index contributed by atoms with van der Waals surface area (Å²) in [5, 5.41) is 3.18. The predicted octanol–water partition coefficient (Wildman–Crippen LogP) is 4.07. The molecule has 0 atom stereocenters. The zero-order valence-corrected chi connectivity index (χ0v) is 16.0. The van der Waals surface area contributed by atoms with E-state index in [0.29, 0.717) is 29.4 Å². The summed E-state index contributed by atoms with van der Waals surface area (Å²) in [6.07, 6.45) is 4.04. The average Bonchev–Trinajstić information content (AvgIpc) is 2.66. The van der Waals surface area contributed by atoms with Crippen molar-refractivity contribution in [1.82, 2.24) is 9.55 Å². The predicted molar refractivity (Wildman–Crippen MR) is 108 cm³/mol. The number of hydrogen-bond acceptors (Lipinski definition) is 3. The van der Waals surface area contributed by atoms with E-state index in [1.807, 2.05) is 30.5 Å². The number of carbonyl (C=O) groups excluding carboxylic acids is 1. The number of nitrogens with zero attached hydrogens (tertiary/aromatic N) is 2. The summed E-state index contributed by atoms with van der Waals surface area (Å²) in [5.74, 6) is -0.454. The first-order valence-electron chi connectivity index (χ1n) is 8.69. The van der Waals surface area contributed by atoms with Gasteiger partial charge >= 0.3 is 0 Å². The number of rotatable bonds is 5. The molecule has 2 heterocycles. The summed E-state index contributed by atoms with van der Waals surface area (Å²) < 4.78 is 1.99. The number of pyridine rings is 2. The van der Waals surface area contributed by atoms with Gasteiger partial charge in [-0.25, -0.2) is 0 Å². The van der Waals surface area contributed by atoms with Crippen LogP contribution in [0.3, 0.4) is 0 Å². The molecule has 138 valence electrons. The van der Waals surface area contributed by atoms with E-state index < -0.39 is 5.91 Å². The van der Waals surface area contributed by atoms with Crippen molar-refractivity contribution < 1.29 is 4.79 Å². The van der Waals surface area contributed by atoms with Crippen molar-refractivity contribution in [3.8, 4) is 0 Å². The van der Waals surface area contributed by atoms with Gasteiger partial charge in [0.05, 0.1) is 10.7 Å². The van der Waals surface area contributed by atoms with Crippen LogP contribution in [0.1, 0.15) is 34.2 Å². The number of benzene rings is 1. The lowest BCUT2D eigenvalue weighted by Crippen LogP contribution is -2.28. The van der Waals surface area contributed by atoms with Gasteiger partial charge in [-0.3, -0.25) is 14.6 Å². The molecule has 0 aliphatic carbocycles. The quantitative estimate of drug-likeness (QED) is 0.724. The lowest BCUT2D eigenvalue weighted by molar-refractivity contribution is 0.102. The summed E-state index contributed by atoms with van der Waals surface area (Å²) in [4.78, 5) is 29.6. The molecule has 0 saturated heterocycles. The number of para-hydroxylation sites is 1. The normalized spacial score (nSPS) is 10.6. The van der Waals surface area contributed by atoms with E-state index in [-0.39, 0.29) is 11.0 Å². The van der Waals surface area contributed by atoms with Crippen LogP contribution in [-0.2, 0) is 13.0 Å². The van der Waals surface area contributed by atoms with E-state index in [9.17, 15) is 9.59 Å². The Morgan fingerprint density at radius 3 is 2.67 bits per heavy atom. The zero-order valence-electron chi connectivity index (χ0n) is 15.2. The summed E-state index contributed by atoms with van der Waals surface area (Å²) in [7, 11) is 0. The third-order valence-electron chi connectivity index (χ3n) is 4.37. The second-order valence-corrected chi connectivity index (χ2v) is 6.61. The van der Waals surface area contributed by atoms with E-state index in [4.69, 9.17) is 11.6 Å². The zero-order chi connectivity index (χ0) is 19.4. The Morgan fingerprint density at radius 1 is 1.22 bits per heavy atom. The van der Waals surface area contributed by atoms with Gasteiger partial charge in [0.25, 0.3) is 5.91 Å². The molecule has 0 spiro atoms. The van der Waals surface area contributed by atoms with Crippen LogP contribution < -0.4 is 10.7 Å². The standard InChI is InChI=1S/C21H20ClN3O2/c1-3-18-20(21(27)24-17-9-5-4-8-16(17)22)19(26)11-14(2)25(18)13-15-7-6-10-23-12-15/h4-12H,3,13H2,1-2H3,(H,24,27). The van der Waals surface area contributed by atoms with E-state index in [1.54, 1.807) is 36.7 Å². The Kier molecular flexibility index (Phi) is 5.72. The molecule has 0 saturated carbocycles. The van der Waals surface area contributed by atoms with Gasteiger partial charge in [-0.05, 0) is 37.1 Å². The van der Waals surface area contributed by atoms with E-state index in [2.05, 4.69) is 10.3 Å². The van der Waals surface area contributed by atoms with Gasteiger partial charge in [-0.2, -0.15) is 0 Å². The number of aromatic nitrogens is 2. The number of anilines is 1. The lowest BCUT2D eigenvalue weighted by Gasteiger charge is -2.19. The Hall–Kier alpha value is -2.92. The Bertz CT molecular complexity index is 1030. The maximum absolute atomic E-state index is 12.9. The molecule has 0 fully saturated rings. The summed E-state index contributed by atoms with van der Waals surface area (Å²) in [6, 6.07) is 12.3. The van der Waals surface area contributed by atoms with Crippen molar-refractivity contribution in [2.75, 3.05) is 5.32 Å². The largest absolute Gasteiger partial charge is 0.343 e. The fraction of sp³-hybridized carbons (Fsp3) is 0.190. The van der Waals surface area contributed by atoms with Gasteiger partial charge in [0.2, 0.25) is 0 Å². The molecule has 5 nitrogen and oxygen atoms in total. The van der Waals surface area contributed by atoms with Crippen LogP contribution >= 0.6 is 11.6 Å². The number of aryl methyl sites for hydroxylation is 1. The van der Waals surface area contributed by atoms with E-state index >= 15 is 0 Å². The first kappa shape index (κ1) is 18.9. The first-order valence-corrected chi connectivity index (χ1v) is 9.07. The van der Waals surface area contributed by atoms with Crippen molar-refractivity contribution in [1.29, 1.82) is 0 Å². The molecule has 1 aromatic carbocycles. The van der Waals surface area contributed by atoms with Gasteiger partial charge in [0, 0.05) is 36.4 Å². The van der Waals surface area contributed by atoms with E-state index in [1.165, 1.54) is 6.07 Å². The Morgan fingerprint density at radius 2 is 2.00 bits per heavy atom. The van der Waals surface area contributed by atoms with E-state index in [0.717, 1.165) is 11.3 Å². The van der Waals surface area contributed by atoms with Crippen molar-refractivity contribution in [2.45, 2.75) is 26.8 Å². The highest BCUT2D eigenvalue weighted by atomic mass is 35.5. The summed E-state index contributed by atoms with van der Waals surface area (Å²) in [6.45, 7) is 4.34. The Labute approximate surface area is 162 Å². The van der Waals surface area contributed by atoms with Crippen molar-refractivity contribution in [3.05, 3.63) is 92.6 Å². The molecule has 27 heavy (non-hydrogen) atoms. The highest BCUT2D eigenvalue weighted by Gasteiger charge is 2.20. The van der Waals surface area contributed by atoms with Gasteiger partial charge in [0.15, 0.2) is 5.43 Å². The van der Waals surface area contributed by atoms with Crippen molar-refractivity contribution in [2.24, 2.45) is 0 Å². The highest BCUT2D eigenvalue weighted by molar-refractivity contribution is 6.33. The topological polar surface area (TPSA) is 64.0 Å². The van der Waals surface area contributed by atoms with Crippen LogP contribution in [0.5, 0.6) is 0 Å². The fourth-order valence-electron chi connectivity index (χ4n) is 3.08. The lowest BCUT2D eigenvalue weighted by atomic mass is 10.1. The molecule has 3 rings (SSSR count). The third kappa shape index (κ3) is 4.09. The molecule has 3 aromatic rings. The molecular formula is C21H20ClN3O2. The van der Waals surface area contributed by atoms with Crippen molar-refractivity contribution >= 4 is 23.2 Å². The second kappa shape index (κ2) is 8.18. The molecule has 1 N–H and O–H groups in total. The Balaban J connectivity index is 2.04. The highest BCUT2D eigenvalue weighted by Crippen LogP contribution is 2.22. The third-order valence-corrected chi connectivity index (χ3v) is 4.70. The molecule has 0 aliphatic heterocycles. The maximum Gasteiger partial charge on any atom is 0.261 e. The van der Waals surface area contributed by atoms with Gasteiger partial charge in [-0.1, -0.05) is 36.7 Å².